The van der Waals surface area contributed by atoms with Crippen molar-refractivity contribution >= 4 is 29.3 Å². The van der Waals surface area contributed by atoms with E-state index in [9.17, 15) is 27.9 Å². The highest BCUT2D eigenvalue weighted by atomic mass is 35.5. The van der Waals surface area contributed by atoms with Gasteiger partial charge >= 0.3 is 12.1 Å². The molecule has 1 saturated carbocycles. The second-order valence-corrected chi connectivity index (χ2v) is 16.2. The summed E-state index contributed by atoms with van der Waals surface area (Å²) in [5.41, 5.74) is 1.56. The van der Waals surface area contributed by atoms with Crippen molar-refractivity contribution in [3.8, 4) is 11.8 Å². The molecule has 0 amide bonds. The van der Waals surface area contributed by atoms with Crippen molar-refractivity contribution in [2.24, 2.45) is 23.7 Å². The van der Waals surface area contributed by atoms with E-state index in [1.54, 1.807) is 16.3 Å². The quantitative estimate of drug-likeness (QED) is 0.338. The van der Waals surface area contributed by atoms with E-state index in [1.807, 2.05) is 14.0 Å². The number of hydrogen-bond acceptors (Lipinski definition) is 7. The Hall–Kier alpha value is -1.78. The van der Waals surface area contributed by atoms with Crippen LogP contribution in [-0.2, 0) is 24.2 Å². The zero-order valence-electron chi connectivity index (χ0n) is 27.3. The maximum Gasteiger partial charge on any atom is 0.401 e. The van der Waals surface area contributed by atoms with Gasteiger partial charge < -0.3 is 15.3 Å². The number of likely N-dealkylation sites (N-methyl/N-ethyl adjacent to an activating group) is 1. The number of alkyl halides is 4. The van der Waals surface area contributed by atoms with E-state index in [-0.39, 0.29) is 52.7 Å². The number of nitrogens with zero attached hydrogens (tertiary/aromatic N) is 4. The number of carbonyl (C=O) groups is 1. The van der Waals surface area contributed by atoms with Crippen LogP contribution in [0.15, 0.2) is 4.79 Å². The molecule has 13 heteroatoms. The first-order valence-corrected chi connectivity index (χ1v) is 18.7. The Morgan fingerprint density at radius 3 is 2.64 bits per heavy atom. The van der Waals surface area contributed by atoms with Crippen molar-refractivity contribution in [1.29, 1.82) is 0 Å². The van der Waals surface area contributed by atoms with Crippen LogP contribution in [0.25, 0.3) is 0 Å². The molecule has 1 aromatic rings. The summed E-state index contributed by atoms with van der Waals surface area (Å²) in [6.07, 6.45) is 3.04. The third-order valence-electron chi connectivity index (χ3n) is 11.6. The Labute approximate surface area is 284 Å². The topological polar surface area (TPSA) is 90.7 Å². The van der Waals surface area contributed by atoms with E-state index < -0.39 is 18.7 Å². The lowest BCUT2D eigenvalue weighted by Gasteiger charge is -2.44. The molecule has 8 nitrogen and oxygen atoms in total. The van der Waals surface area contributed by atoms with Crippen molar-refractivity contribution < 1.29 is 23.1 Å². The lowest BCUT2D eigenvalue weighted by molar-refractivity contribution is -0.149. The Balaban J connectivity index is 1.12. The van der Waals surface area contributed by atoms with Gasteiger partial charge in [-0.15, -0.1) is 11.6 Å². The van der Waals surface area contributed by atoms with E-state index in [1.165, 1.54) is 4.90 Å². The highest BCUT2D eigenvalue weighted by Crippen LogP contribution is 2.48. The molecule has 8 atom stereocenters. The normalized spacial score (nSPS) is 33.6. The first kappa shape index (κ1) is 35.1. The van der Waals surface area contributed by atoms with Gasteiger partial charge in [0.05, 0.1) is 24.7 Å². The van der Waals surface area contributed by atoms with Gasteiger partial charge in [0.15, 0.2) is 0 Å². The fourth-order valence-electron chi connectivity index (χ4n) is 9.00. The first-order chi connectivity index (χ1) is 22.4. The summed E-state index contributed by atoms with van der Waals surface area (Å²) in [5.74, 6) is 7.91. The molecule has 2 N–H and O–H groups in total. The minimum absolute atomic E-state index is 0.0200. The standard InChI is InChI=1S/C34H47ClF3N5O3S/c1-20-40-29-8-7-24(41(2)23-10-14-42(15-11-23)19-34(36,37)38)17-27(29)32(44)43(20)13-3-4-21-5-6-22(35)16-26(21)25-9-12-39-30-28(33(45)46)18-47-31(25)30/h21-26,28,30-31,39H,5-19H2,1-2H3,(H,45,46). The number of aryl methyl sites for hydroxylation is 2. The molecule has 260 valence electrons. The van der Waals surface area contributed by atoms with E-state index in [0.717, 1.165) is 49.9 Å². The molecule has 6 rings (SSSR count). The largest absolute Gasteiger partial charge is 0.481 e. The van der Waals surface area contributed by atoms with Gasteiger partial charge in [-0.25, -0.2) is 4.98 Å². The van der Waals surface area contributed by atoms with E-state index in [2.05, 4.69) is 22.1 Å². The van der Waals surface area contributed by atoms with Crippen LogP contribution in [-0.4, -0.2) is 104 Å². The molecule has 3 saturated heterocycles. The fraction of sp³-hybridized carbons (Fsp3) is 0.794. The maximum absolute atomic E-state index is 13.9. The highest BCUT2D eigenvalue weighted by Gasteiger charge is 2.50. The predicted octanol–water partition coefficient (Wildman–Crippen LogP) is 4.19. The Kier molecular flexibility index (Phi) is 10.9. The average Bonchev–Trinajstić information content (AvgIpc) is 3.47. The van der Waals surface area contributed by atoms with Crippen molar-refractivity contribution in [3.63, 3.8) is 0 Å². The van der Waals surface area contributed by atoms with Crippen LogP contribution >= 0.6 is 23.4 Å². The number of hydrogen-bond donors (Lipinski definition) is 2. The lowest BCUT2D eigenvalue weighted by atomic mass is 9.68. The number of rotatable bonds is 6. The molecule has 0 aromatic carbocycles. The summed E-state index contributed by atoms with van der Waals surface area (Å²) in [5, 5.41) is 13.6. The number of thioether (sulfide) groups is 1. The van der Waals surface area contributed by atoms with Crippen molar-refractivity contribution in [1.82, 2.24) is 24.7 Å². The lowest BCUT2D eigenvalue weighted by Crippen LogP contribution is -2.53. The molecule has 8 unspecified atom stereocenters. The Bertz CT molecular complexity index is 1420. The molecule has 2 aliphatic carbocycles. The number of likely N-dealkylation sites (tertiary alicyclic amines) is 1. The molecule has 4 fully saturated rings. The second kappa shape index (κ2) is 14.6. The number of nitrogens with one attached hydrogen (secondary N) is 1. The van der Waals surface area contributed by atoms with Crippen LogP contribution in [0.2, 0.25) is 0 Å². The smallest absolute Gasteiger partial charge is 0.401 e. The molecule has 47 heavy (non-hydrogen) atoms. The monoisotopic (exact) mass is 697 g/mol. The molecular weight excluding hydrogens is 651 g/mol. The number of aliphatic carboxylic acids is 1. The molecule has 1 aromatic heterocycles. The summed E-state index contributed by atoms with van der Waals surface area (Å²) in [6, 6.07) is 0.322. The number of piperidine rings is 2. The van der Waals surface area contributed by atoms with Gasteiger partial charge in [-0.1, -0.05) is 11.8 Å². The predicted molar refractivity (Wildman–Crippen MR) is 178 cm³/mol. The van der Waals surface area contributed by atoms with Gasteiger partial charge in [-0.05, 0) is 103 Å². The summed E-state index contributed by atoms with van der Waals surface area (Å²) in [6.45, 7) is 2.94. The number of fused-ring (bicyclic) bond motifs is 2. The van der Waals surface area contributed by atoms with Gasteiger partial charge in [-0.3, -0.25) is 19.1 Å². The van der Waals surface area contributed by atoms with Crippen molar-refractivity contribution in [2.45, 2.75) is 106 Å². The molecule has 5 aliphatic rings. The van der Waals surface area contributed by atoms with Gasteiger partial charge in [0, 0.05) is 46.0 Å². The maximum atomic E-state index is 13.9. The summed E-state index contributed by atoms with van der Waals surface area (Å²) in [4.78, 5) is 34.3. The fourth-order valence-corrected chi connectivity index (χ4v) is 11.2. The highest BCUT2D eigenvalue weighted by molar-refractivity contribution is 8.00. The van der Waals surface area contributed by atoms with Gasteiger partial charge in [0.1, 0.15) is 5.82 Å². The summed E-state index contributed by atoms with van der Waals surface area (Å²) < 4.78 is 40.3. The third kappa shape index (κ3) is 7.85. The van der Waals surface area contributed by atoms with Crippen molar-refractivity contribution in [2.75, 3.05) is 39.0 Å². The zero-order valence-corrected chi connectivity index (χ0v) is 28.8. The van der Waals surface area contributed by atoms with Gasteiger partial charge in [-0.2, -0.15) is 24.9 Å². The van der Waals surface area contributed by atoms with E-state index in [0.29, 0.717) is 62.2 Å². The molecule has 0 radical (unpaired) electrons. The minimum Gasteiger partial charge on any atom is -0.481 e. The van der Waals surface area contributed by atoms with Crippen LogP contribution in [0.4, 0.5) is 13.2 Å². The third-order valence-corrected chi connectivity index (χ3v) is 13.5. The van der Waals surface area contributed by atoms with Crippen LogP contribution < -0.4 is 10.9 Å². The second-order valence-electron chi connectivity index (χ2n) is 14.3. The van der Waals surface area contributed by atoms with E-state index in [4.69, 9.17) is 16.6 Å². The average molecular weight is 698 g/mol. The first-order valence-electron chi connectivity index (χ1n) is 17.2. The van der Waals surface area contributed by atoms with Crippen LogP contribution in [0.5, 0.6) is 0 Å². The van der Waals surface area contributed by atoms with Gasteiger partial charge in [0.2, 0.25) is 0 Å². The number of halogens is 4. The number of carboxylic acid groups (broad SMARTS) is 1. The van der Waals surface area contributed by atoms with Crippen LogP contribution in [0.3, 0.4) is 0 Å². The van der Waals surface area contributed by atoms with E-state index >= 15 is 0 Å². The van der Waals surface area contributed by atoms with Crippen LogP contribution in [0.1, 0.15) is 62.0 Å². The molecule has 3 aliphatic heterocycles. The van der Waals surface area contributed by atoms with Crippen LogP contribution in [0, 0.1) is 42.4 Å². The number of aromatic nitrogens is 2. The number of carboxylic acids is 1. The Morgan fingerprint density at radius 2 is 1.91 bits per heavy atom. The zero-order chi connectivity index (χ0) is 33.5. The minimum atomic E-state index is -4.18. The molecule has 0 spiro atoms. The molecule has 4 heterocycles. The SMILES string of the molecule is Cc1nc2c(c(=O)n1CC#CC1CCC(Cl)CC1C1CCNC3C(C(=O)O)CSC13)CC(N(C)C1CCN(CC(F)(F)F)CC1)CC2. The molecular formula is C34H47ClF3N5O3S. The summed E-state index contributed by atoms with van der Waals surface area (Å²) in [7, 11) is 2.05. The van der Waals surface area contributed by atoms with Crippen molar-refractivity contribution in [3.05, 3.63) is 27.4 Å². The Morgan fingerprint density at radius 1 is 1.15 bits per heavy atom. The molecule has 0 bridgehead atoms. The summed E-state index contributed by atoms with van der Waals surface area (Å²) >= 11 is 8.49. The van der Waals surface area contributed by atoms with Gasteiger partial charge in [0.25, 0.3) is 5.56 Å².